The average molecular weight is 498 g/mol. The van der Waals surface area contributed by atoms with Crippen LogP contribution in [0.5, 0.6) is 23.0 Å². The molecule has 190 valence electrons. The lowest BCUT2D eigenvalue weighted by molar-refractivity contribution is 0.0415. The first kappa shape index (κ1) is 23.9. The fourth-order valence-electron chi connectivity index (χ4n) is 4.23. The monoisotopic (exact) mass is 498 g/mol. The van der Waals surface area contributed by atoms with Crippen LogP contribution >= 0.6 is 0 Å². The number of carbonyl (C=O) groups excluding carboxylic acids is 3. The van der Waals surface area contributed by atoms with Crippen LogP contribution in [0.25, 0.3) is 0 Å². The maximum atomic E-state index is 12.8. The van der Waals surface area contributed by atoms with Gasteiger partial charge in [0.05, 0.1) is 32.8 Å². The number of phenolic OH excluding ortho intramolecular Hbond substituents is 1. The standard InChI is InChI=1S/C25H26N2O9/c28-19-13-18(35-25(31)27-7-11-33-12-8-27)14-22-23(19)20(29)15-21(36-22)16-1-3-17(4-2-16)34-24(30)26-5-9-32-10-6-26/h1-4,13-14,21,28H,5-12,15H2. The second-order valence-electron chi connectivity index (χ2n) is 8.55. The summed E-state index contributed by atoms with van der Waals surface area (Å²) in [6.45, 7) is 3.58. The highest BCUT2D eigenvalue weighted by atomic mass is 16.6. The van der Waals surface area contributed by atoms with Crippen molar-refractivity contribution in [2.75, 3.05) is 52.6 Å². The fourth-order valence-corrected chi connectivity index (χ4v) is 4.23. The number of ether oxygens (including phenoxy) is 5. The van der Waals surface area contributed by atoms with E-state index in [2.05, 4.69) is 0 Å². The molecule has 11 heteroatoms. The minimum Gasteiger partial charge on any atom is -0.507 e. The lowest BCUT2D eigenvalue weighted by atomic mass is 9.95. The Morgan fingerprint density at radius 3 is 1.97 bits per heavy atom. The Hall–Kier alpha value is -3.83. The number of hydrogen-bond acceptors (Lipinski definition) is 9. The van der Waals surface area contributed by atoms with Crippen LogP contribution in [0.15, 0.2) is 36.4 Å². The van der Waals surface area contributed by atoms with E-state index in [9.17, 15) is 19.5 Å². The van der Waals surface area contributed by atoms with E-state index < -0.39 is 18.3 Å². The van der Waals surface area contributed by atoms with E-state index in [4.69, 9.17) is 23.7 Å². The van der Waals surface area contributed by atoms with Crippen LogP contribution in [0.4, 0.5) is 9.59 Å². The molecule has 1 N–H and O–H groups in total. The zero-order chi connectivity index (χ0) is 25.1. The molecule has 5 rings (SSSR count). The average Bonchev–Trinajstić information content (AvgIpc) is 2.89. The molecule has 3 aliphatic rings. The first-order valence-electron chi connectivity index (χ1n) is 11.7. The number of rotatable bonds is 3. The van der Waals surface area contributed by atoms with Crippen molar-refractivity contribution in [2.24, 2.45) is 0 Å². The number of phenols is 1. The van der Waals surface area contributed by atoms with Crippen molar-refractivity contribution in [1.29, 1.82) is 0 Å². The minimum atomic E-state index is -0.626. The third-order valence-electron chi connectivity index (χ3n) is 6.17. The minimum absolute atomic E-state index is 0.0143. The van der Waals surface area contributed by atoms with Gasteiger partial charge in [0.1, 0.15) is 34.7 Å². The molecule has 1 atom stereocenters. The molecule has 0 saturated carbocycles. The van der Waals surface area contributed by atoms with E-state index >= 15 is 0 Å². The lowest BCUT2D eigenvalue weighted by Crippen LogP contribution is -2.42. The molecule has 11 nitrogen and oxygen atoms in total. The van der Waals surface area contributed by atoms with Crippen LogP contribution in [0.1, 0.15) is 28.4 Å². The third-order valence-corrected chi connectivity index (χ3v) is 6.17. The molecule has 2 aromatic carbocycles. The highest BCUT2D eigenvalue weighted by molar-refractivity contribution is 6.02. The molecule has 1 unspecified atom stereocenters. The Labute approximate surface area is 207 Å². The Bertz CT molecular complexity index is 1140. The molecule has 0 bridgehead atoms. The topological polar surface area (TPSA) is 124 Å². The Kier molecular flexibility index (Phi) is 6.92. The molecule has 2 fully saturated rings. The second-order valence-corrected chi connectivity index (χ2v) is 8.55. The normalized spacial score (nSPS) is 19.8. The van der Waals surface area contributed by atoms with Crippen molar-refractivity contribution in [2.45, 2.75) is 12.5 Å². The summed E-state index contributed by atoms with van der Waals surface area (Å²) in [4.78, 5) is 40.6. The van der Waals surface area contributed by atoms with Crippen LogP contribution in [0, 0.1) is 0 Å². The number of aromatic hydroxyl groups is 1. The molecular weight excluding hydrogens is 472 g/mol. The number of morpholine rings is 2. The fraction of sp³-hybridized carbons (Fsp3) is 0.400. The van der Waals surface area contributed by atoms with Gasteiger partial charge in [0.15, 0.2) is 5.78 Å². The molecule has 2 amide bonds. The van der Waals surface area contributed by atoms with E-state index in [1.807, 2.05) is 0 Å². The van der Waals surface area contributed by atoms with E-state index in [1.165, 1.54) is 17.0 Å². The van der Waals surface area contributed by atoms with Gasteiger partial charge < -0.3 is 38.6 Å². The van der Waals surface area contributed by atoms with Crippen LogP contribution in [-0.2, 0) is 9.47 Å². The summed E-state index contributed by atoms with van der Waals surface area (Å²) in [7, 11) is 0. The Morgan fingerprint density at radius 2 is 1.39 bits per heavy atom. The van der Waals surface area contributed by atoms with E-state index in [-0.39, 0.29) is 35.0 Å². The predicted octanol–water partition coefficient (Wildman–Crippen LogP) is 2.76. The van der Waals surface area contributed by atoms with Gasteiger partial charge in [0.2, 0.25) is 0 Å². The zero-order valence-corrected chi connectivity index (χ0v) is 19.5. The summed E-state index contributed by atoms with van der Waals surface area (Å²) in [6, 6.07) is 9.36. The van der Waals surface area contributed by atoms with Crippen molar-refractivity contribution in [3.8, 4) is 23.0 Å². The van der Waals surface area contributed by atoms with Gasteiger partial charge in [-0.3, -0.25) is 4.79 Å². The number of carbonyl (C=O) groups is 3. The van der Waals surface area contributed by atoms with Crippen LogP contribution < -0.4 is 14.2 Å². The summed E-state index contributed by atoms with van der Waals surface area (Å²) in [5, 5.41) is 10.4. The molecule has 0 radical (unpaired) electrons. The third kappa shape index (κ3) is 5.21. The van der Waals surface area contributed by atoms with E-state index in [0.717, 1.165) is 0 Å². The Balaban J connectivity index is 1.27. The van der Waals surface area contributed by atoms with Crippen molar-refractivity contribution < 1.29 is 43.2 Å². The molecule has 3 aliphatic heterocycles. The number of amides is 2. The molecule has 0 spiro atoms. The first-order valence-corrected chi connectivity index (χ1v) is 11.7. The van der Waals surface area contributed by atoms with Crippen LogP contribution in [0.3, 0.4) is 0 Å². The van der Waals surface area contributed by atoms with Crippen LogP contribution in [-0.4, -0.2) is 85.5 Å². The van der Waals surface area contributed by atoms with Gasteiger partial charge in [-0.05, 0) is 17.7 Å². The van der Waals surface area contributed by atoms with E-state index in [1.54, 1.807) is 29.2 Å². The largest absolute Gasteiger partial charge is 0.507 e. The predicted molar refractivity (Wildman–Crippen MR) is 124 cm³/mol. The number of fused-ring (bicyclic) bond motifs is 1. The second kappa shape index (κ2) is 10.4. The molecular formula is C25H26N2O9. The van der Waals surface area contributed by atoms with Gasteiger partial charge in [-0.2, -0.15) is 0 Å². The number of hydrogen-bond donors (Lipinski definition) is 1. The molecule has 3 heterocycles. The Morgan fingerprint density at radius 1 is 0.833 bits per heavy atom. The first-order chi connectivity index (χ1) is 17.5. The summed E-state index contributed by atoms with van der Waals surface area (Å²) in [5.41, 5.74) is 0.740. The highest BCUT2D eigenvalue weighted by Crippen LogP contribution is 2.42. The van der Waals surface area contributed by atoms with Gasteiger partial charge in [0, 0.05) is 38.3 Å². The number of Topliss-reactive ketones (excluding diaryl/α,β-unsaturated/α-hetero) is 1. The van der Waals surface area contributed by atoms with Crippen molar-refractivity contribution in [3.63, 3.8) is 0 Å². The van der Waals surface area contributed by atoms with Crippen LogP contribution in [0.2, 0.25) is 0 Å². The maximum Gasteiger partial charge on any atom is 0.415 e. The molecule has 2 aromatic rings. The van der Waals surface area contributed by atoms with E-state index in [0.29, 0.717) is 63.9 Å². The van der Waals surface area contributed by atoms with Crippen molar-refractivity contribution in [1.82, 2.24) is 9.80 Å². The zero-order valence-electron chi connectivity index (χ0n) is 19.5. The number of nitrogens with zero attached hydrogens (tertiary/aromatic N) is 2. The van der Waals surface area contributed by atoms with Gasteiger partial charge in [-0.1, -0.05) is 12.1 Å². The molecule has 0 aromatic heterocycles. The maximum absolute atomic E-state index is 12.8. The summed E-state index contributed by atoms with van der Waals surface area (Å²) in [6.07, 6.45) is -1.63. The molecule has 36 heavy (non-hydrogen) atoms. The van der Waals surface area contributed by atoms with Gasteiger partial charge in [0.25, 0.3) is 0 Å². The lowest BCUT2D eigenvalue weighted by Gasteiger charge is -2.28. The van der Waals surface area contributed by atoms with Gasteiger partial charge in [-0.15, -0.1) is 0 Å². The summed E-state index contributed by atoms with van der Waals surface area (Å²) < 4.78 is 27.3. The van der Waals surface area contributed by atoms with Gasteiger partial charge >= 0.3 is 12.2 Å². The van der Waals surface area contributed by atoms with Gasteiger partial charge in [-0.25, -0.2) is 9.59 Å². The SMILES string of the molecule is O=C1CC(c2ccc(OC(=O)N3CCOCC3)cc2)Oc2cc(OC(=O)N3CCOCC3)cc(O)c21. The number of ketones is 1. The number of benzene rings is 2. The smallest absolute Gasteiger partial charge is 0.415 e. The summed E-state index contributed by atoms with van der Waals surface area (Å²) in [5.74, 6) is -0.0446. The van der Waals surface area contributed by atoms with Crippen molar-refractivity contribution in [3.05, 3.63) is 47.5 Å². The quantitative estimate of drug-likeness (QED) is 0.680. The molecule has 2 saturated heterocycles. The highest BCUT2D eigenvalue weighted by Gasteiger charge is 2.32. The summed E-state index contributed by atoms with van der Waals surface area (Å²) >= 11 is 0. The molecule has 0 aliphatic carbocycles. The van der Waals surface area contributed by atoms with Crippen molar-refractivity contribution >= 4 is 18.0 Å².